The maximum atomic E-state index is 11.9. The first kappa shape index (κ1) is 17.8. The van der Waals surface area contributed by atoms with Crippen LogP contribution in [0.2, 0.25) is 0 Å². The summed E-state index contributed by atoms with van der Waals surface area (Å²) in [5.41, 5.74) is 14.8. The lowest BCUT2D eigenvalue weighted by atomic mass is 9.85. The molecule has 0 aliphatic rings. The first-order chi connectivity index (χ1) is 9.41. The molecule has 0 aromatic heterocycles. The lowest BCUT2D eigenvalue weighted by Gasteiger charge is -2.26. The van der Waals surface area contributed by atoms with Crippen molar-refractivity contribution in [3.05, 3.63) is 16.7 Å². The molecular weight excluding hydrogens is 288 g/mol. The summed E-state index contributed by atoms with van der Waals surface area (Å²) >= 11 is 0. The fourth-order valence-corrected chi connectivity index (χ4v) is 4.12. The van der Waals surface area contributed by atoms with Crippen molar-refractivity contribution in [3.8, 4) is 0 Å². The van der Waals surface area contributed by atoms with Gasteiger partial charge in [-0.1, -0.05) is 41.5 Å². The molecule has 6 heteroatoms. The second-order valence-corrected chi connectivity index (χ2v) is 7.70. The number of hydrogen-bond donors (Lipinski definition) is 3. The van der Waals surface area contributed by atoms with Crippen molar-refractivity contribution in [3.63, 3.8) is 0 Å². The Morgan fingerprint density at radius 3 is 1.24 bits per heavy atom. The van der Waals surface area contributed by atoms with Gasteiger partial charge in [0, 0.05) is 16.9 Å². The zero-order chi connectivity index (χ0) is 16.7. The molecule has 5 N–H and O–H groups in total. The van der Waals surface area contributed by atoms with Gasteiger partial charge in [-0.05, 0) is 28.9 Å². The summed E-state index contributed by atoms with van der Waals surface area (Å²) in [6.07, 6.45) is 0. The van der Waals surface area contributed by atoms with Crippen LogP contribution in [-0.4, -0.2) is 13.0 Å². The minimum atomic E-state index is -4.40. The fraction of sp³-hybridized carbons (Fsp3) is 0.600. The molecule has 0 amide bonds. The number of hydrogen-bond acceptors (Lipinski definition) is 4. The lowest BCUT2D eigenvalue weighted by molar-refractivity contribution is 0.479. The molecule has 0 fully saturated rings. The summed E-state index contributed by atoms with van der Waals surface area (Å²) < 4.78 is 33.5. The van der Waals surface area contributed by atoms with Gasteiger partial charge in [-0.25, -0.2) is 0 Å². The Morgan fingerprint density at radius 1 is 0.762 bits per heavy atom. The molecule has 0 saturated carbocycles. The summed E-state index contributed by atoms with van der Waals surface area (Å²) in [5, 5.41) is 0. The van der Waals surface area contributed by atoms with Crippen molar-refractivity contribution in [1.82, 2.24) is 0 Å². The van der Waals surface area contributed by atoms with E-state index >= 15 is 0 Å². The smallest absolute Gasteiger partial charge is 0.295 e. The molecule has 0 spiro atoms. The van der Waals surface area contributed by atoms with E-state index in [1.54, 1.807) is 0 Å². The molecule has 1 aromatic carbocycles. The van der Waals surface area contributed by atoms with Gasteiger partial charge in [0.05, 0.1) is 0 Å². The van der Waals surface area contributed by atoms with E-state index in [1.807, 2.05) is 41.5 Å². The maximum Gasteiger partial charge on any atom is 0.295 e. The summed E-state index contributed by atoms with van der Waals surface area (Å²) in [7, 11) is -4.40. The molecule has 0 aliphatic carbocycles. The molecule has 0 radical (unpaired) electrons. The molecular formula is C15H26N2O3S. The van der Waals surface area contributed by atoms with Crippen LogP contribution in [0.3, 0.4) is 0 Å². The van der Waals surface area contributed by atoms with Crippen LogP contribution < -0.4 is 11.5 Å². The Labute approximate surface area is 127 Å². The van der Waals surface area contributed by atoms with Crippen molar-refractivity contribution < 1.29 is 13.0 Å². The van der Waals surface area contributed by atoms with Crippen LogP contribution >= 0.6 is 0 Å². The summed E-state index contributed by atoms with van der Waals surface area (Å²) in [6, 6.07) is 0. The Kier molecular flexibility index (Phi) is 4.95. The lowest BCUT2D eigenvalue weighted by Crippen LogP contribution is -2.18. The molecule has 21 heavy (non-hydrogen) atoms. The molecule has 1 aromatic rings. The number of anilines is 2. The molecule has 5 nitrogen and oxygen atoms in total. The molecule has 0 saturated heterocycles. The predicted octanol–water partition coefficient (Wildman–Crippen LogP) is 3.47. The number of nitrogen functional groups attached to an aromatic ring is 2. The fourth-order valence-electron chi connectivity index (χ4n) is 2.87. The highest BCUT2D eigenvalue weighted by Crippen LogP contribution is 2.44. The van der Waals surface area contributed by atoms with Gasteiger partial charge in [0.15, 0.2) is 0 Å². The highest BCUT2D eigenvalue weighted by molar-refractivity contribution is 7.86. The summed E-state index contributed by atoms with van der Waals surface area (Å²) in [5.74, 6) is -0.217. The Balaban J connectivity index is 4.12. The van der Waals surface area contributed by atoms with E-state index in [0.29, 0.717) is 22.5 Å². The zero-order valence-electron chi connectivity index (χ0n) is 13.6. The average Bonchev–Trinajstić information content (AvgIpc) is 2.24. The molecule has 1 rings (SSSR count). The van der Waals surface area contributed by atoms with Gasteiger partial charge < -0.3 is 11.5 Å². The number of benzene rings is 1. The van der Waals surface area contributed by atoms with E-state index in [9.17, 15) is 13.0 Å². The minimum absolute atomic E-state index is 0.0652. The van der Waals surface area contributed by atoms with Crippen molar-refractivity contribution >= 4 is 21.5 Å². The Hall–Kier alpha value is -1.27. The largest absolute Gasteiger partial charge is 0.398 e. The summed E-state index contributed by atoms with van der Waals surface area (Å²) in [4.78, 5) is -0.119. The standard InChI is InChI=1S/C15H26N2O3S/c1-7(2)10-13(16)11(8(3)4)15(21(18,19)20)12(9(5)6)14(10)17/h7-9H,16-17H2,1-6H3,(H,18,19,20). The second-order valence-electron chi connectivity index (χ2n) is 6.34. The average molecular weight is 314 g/mol. The molecule has 0 unspecified atom stereocenters. The van der Waals surface area contributed by atoms with Gasteiger partial charge in [-0.2, -0.15) is 8.42 Å². The van der Waals surface area contributed by atoms with Gasteiger partial charge in [-0.3, -0.25) is 4.55 Å². The topological polar surface area (TPSA) is 106 Å². The first-order valence-electron chi connectivity index (χ1n) is 7.13. The highest BCUT2D eigenvalue weighted by atomic mass is 32.2. The van der Waals surface area contributed by atoms with E-state index < -0.39 is 10.1 Å². The zero-order valence-corrected chi connectivity index (χ0v) is 14.4. The van der Waals surface area contributed by atoms with Gasteiger partial charge >= 0.3 is 0 Å². The van der Waals surface area contributed by atoms with Crippen molar-refractivity contribution in [2.45, 2.75) is 64.2 Å². The molecule has 0 aliphatic heterocycles. The van der Waals surface area contributed by atoms with Crippen molar-refractivity contribution in [1.29, 1.82) is 0 Å². The molecule has 0 bridgehead atoms. The van der Waals surface area contributed by atoms with Gasteiger partial charge in [0.1, 0.15) is 4.90 Å². The van der Waals surface area contributed by atoms with Crippen LogP contribution in [-0.2, 0) is 10.1 Å². The number of rotatable bonds is 4. The number of nitrogens with two attached hydrogens (primary N) is 2. The first-order valence-corrected chi connectivity index (χ1v) is 8.57. The normalized spacial score (nSPS) is 12.7. The Morgan fingerprint density at radius 2 is 1.05 bits per heavy atom. The molecule has 0 heterocycles. The van der Waals surface area contributed by atoms with Crippen LogP contribution in [0, 0.1) is 0 Å². The van der Waals surface area contributed by atoms with Crippen LogP contribution in [0.15, 0.2) is 4.90 Å². The molecule has 0 atom stereocenters. The summed E-state index contributed by atoms with van der Waals surface area (Å²) in [6.45, 7) is 11.3. The Bertz CT molecular complexity index is 612. The van der Waals surface area contributed by atoms with Crippen molar-refractivity contribution in [2.24, 2.45) is 0 Å². The van der Waals surface area contributed by atoms with E-state index in [0.717, 1.165) is 5.56 Å². The third-order valence-electron chi connectivity index (χ3n) is 3.64. The van der Waals surface area contributed by atoms with Gasteiger partial charge in [-0.15, -0.1) is 0 Å². The second kappa shape index (κ2) is 5.85. The maximum absolute atomic E-state index is 11.9. The highest BCUT2D eigenvalue weighted by Gasteiger charge is 2.31. The van der Waals surface area contributed by atoms with Crippen LogP contribution in [0.1, 0.15) is 76.0 Å². The monoisotopic (exact) mass is 314 g/mol. The SMILES string of the molecule is CC(C)c1c(N)c(C(C)C)c(S(=O)(=O)O)c(C(C)C)c1N. The molecule has 120 valence electrons. The van der Waals surface area contributed by atoms with Crippen LogP contribution in [0.25, 0.3) is 0 Å². The van der Waals surface area contributed by atoms with Crippen LogP contribution in [0.5, 0.6) is 0 Å². The van der Waals surface area contributed by atoms with E-state index in [-0.39, 0.29) is 22.6 Å². The van der Waals surface area contributed by atoms with E-state index in [1.165, 1.54) is 0 Å². The predicted molar refractivity (Wildman–Crippen MR) is 87.3 cm³/mol. The minimum Gasteiger partial charge on any atom is -0.398 e. The van der Waals surface area contributed by atoms with Crippen LogP contribution in [0.4, 0.5) is 11.4 Å². The quantitative estimate of drug-likeness (QED) is 0.583. The van der Waals surface area contributed by atoms with E-state index in [2.05, 4.69) is 0 Å². The third kappa shape index (κ3) is 3.16. The van der Waals surface area contributed by atoms with Gasteiger partial charge in [0.25, 0.3) is 10.1 Å². The van der Waals surface area contributed by atoms with Gasteiger partial charge in [0.2, 0.25) is 0 Å². The van der Waals surface area contributed by atoms with E-state index in [4.69, 9.17) is 11.5 Å². The third-order valence-corrected chi connectivity index (χ3v) is 4.60. The van der Waals surface area contributed by atoms with Crippen molar-refractivity contribution in [2.75, 3.05) is 11.5 Å².